The number of ketones is 1. The van der Waals surface area contributed by atoms with Crippen molar-refractivity contribution in [2.75, 3.05) is 5.75 Å². The molecule has 0 spiro atoms. The van der Waals surface area contributed by atoms with Gasteiger partial charge in [0.25, 0.3) is 0 Å². The summed E-state index contributed by atoms with van der Waals surface area (Å²) in [5, 5.41) is 15.7. The summed E-state index contributed by atoms with van der Waals surface area (Å²) in [6.07, 6.45) is -0.773. The zero-order chi connectivity index (χ0) is 29.9. The first kappa shape index (κ1) is 34.6. The minimum atomic E-state index is -1.30. The molecule has 3 aromatic rings. The molecule has 0 saturated heterocycles. The maximum Gasteiger partial charge on any atom is 0.408 e. The Morgan fingerprint density at radius 2 is 1.55 bits per heavy atom. The van der Waals surface area contributed by atoms with Crippen LogP contribution in [0.15, 0.2) is 65.8 Å². The monoisotopic (exact) mass is 660 g/mol. The van der Waals surface area contributed by atoms with Gasteiger partial charge in [0, 0.05) is 26.7 Å². The molecule has 1 aromatic heterocycles. The van der Waals surface area contributed by atoms with Crippen molar-refractivity contribution in [2.45, 2.75) is 57.0 Å². The first-order valence-corrected chi connectivity index (χ1v) is 14.3. The molecule has 10 nitrogen and oxygen atoms in total. The maximum absolute atomic E-state index is 13.2. The van der Waals surface area contributed by atoms with Crippen LogP contribution in [0.2, 0.25) is 0 Å². The quantitative estimate of drug-likeness (QED) is 0.164. The molecule has 0 aliphatic carbocycles. The molecule has 0 fully saturated rings. The summed E-state index contributed by atoms with van der Waals surface area (Å²) in [4.78, 5) is 50.3. The number of rotatable bonds is 14. The highest BCUT2D eigenvalue weighted by Gasteiger charge is 2.28. The lowest BCUT2D eigenvalue weighted by Gasteiger charge is -2.21. The number of hydrogen-bond acceptors (Lipinski definition) is 6. The largest absolute Gasteiger partial charge is 1.00 e. The number of thioether (sulfide) groups is 1. The lowest BCUT2D eigenvalue weighted by Crippen LogP contribution is -3.00. The van der Waals surface area contributed by atoms with Crippen LogP contribution in [0.3, 0.4) is 0 Å². The number of carbonyl (C=O) groups is 4. The van der Waals surface area contributed by atoms with Crippen molar-refractivity contribution in [3.05, 3.63) is 83.2 Å². The number of benzene rings is 2. The van der Waals surface area contributed by atoms with E-state index in [4.69, 9.17) is 4.74 Å². The number of aromatic nitrogens is 2. The van der Waals surface area contributed by atoms with Gasteiger partial charge >= 0.3 is 17.2 Å². The number of alkyl carbamates (subject to hydrolysis) is 1. The lowest BCUT2D eigenvalue weighted by atomic mass is 10.0. The smallest absolute Gasteiger partial charge is 0.408 e. The van der Waals surface area contributed by atoms with E-state index in [-0.39, 0.29) is 54.4 Å². The summed E-state index contributed by atoms with van der Waals surface area (Å²) >= 11 is 1.39. The van der Waals surface area contributed by atoms with Gasteiger partial charge in [0.05, 0.1) is 19.8 Å². The molecule has 0 bridgehead atoms. The molecule has 3 N–H and O–H groups in total. The third-order valence-corrected chi connectivity index (χ3v) is 8.17. The molecule has 2 atom stereocenters. The number of carbonyl (C=O) groups excluding carboxylic acids is 3. The minimum Gasteiger partial charge on any atom is -1.00 e. The van der Waals surface area contributed by atoms with E-state index >= 15 is 0 Å². The van der Waals surface area contributed by atoms with Gasteiger partial charge in [0.15, 0.2) is 0 Å². The summed E-state index contributed by atoms with van der Waals surface area (Å²) in [5.41, 5.74) is 3.75. The van der Waals surface area contributed by atoms with Crippen LogP contribution in [0.25, 0.3) is 0 Å². The third-order valence-electron chi connectivity index (χ3n) is 6.90. The SMILES string of the molecule is Cc1c(C)[n+](C)c(SCC(=O)CC[C@H](NC(=O)[C@H](Cc2ccccc2)NC(=O)OCc2ccccc2)C(=O)O)n1C.[Br-]. The van der Waals surface area contributed by atoms with E-state index in [2.05, 4.69) is 10.6 Å². The number of ether oxygens (including phenoxy) is 1. The second kappa shape index (κ2) is 16.7. The minimum absolute atomic E-state index is 0. The standard InChI is InChI=1S/C30H36N4O6S.BrH/c1-20-21(2)34(4)30(33(20)3)41-19-24(35)15-16-25(28(37)38)31-27(36)26(17-22-11-7-5-8-12-22)32-29(39)40-18-23-13-9-6-10-14-23;/h5-14,25-26H,15-19H2,1-4H3,(H2-,31,32,36,37,38,39);1H/t25-,26-;/m0./s1. The summed E-state index contributed by atoms with van der Waals surface area (Å²) in [7, 11) is 3.87. The zero-order valence-electron chi connectivity index (χ0n) is 24.1. The molecule has 0 saturated carbocycles. The van der Waals surface area contributed by atoms with E-state index in [1.54, 1.807) is 36.4 Å². The maximum atomic E-state index is 13.2. The highest BCUT2D eigenvalue weighted by Crippen LogP contribution is 2.18. The predicted molar refractivity (Wildman–Crippen MR) is 154 cm³/mol. The molecule has 3 rings (SSSR count). The molecule has 1 heterocycles. The van der Waals surface area contributed by atoms with Gasteiger partial charge in [-0.2, -0.15) is 0 Å². The van der Waals surface area contributed by atoms with Crippen LogP contribution in [-0.2, 0) is 46.2 Å². The Labute approximate surface area is 260 Å². The molecule has 226 valence electrons. The van der Waals surface area contributed by atoms with Gasteiger partial charge in [0.1, 0.15) is 35.9 Å². The van der Waals surface area contributed by atoms with Crippen LogP contribution in [-0.4, -0.2) is 51.3 Å². The van der Waals surface area contributed by atoms with Crippen molar-refractivity contribution in [3.63, 3.8) is 0 Å². The number of amides is 2. The molecular formula is C30H37BrN4O6S. The predicted octanol–water partition coefficient (Wildman–Crippen LogP) is 0.0189. The second-order valence-electron chi connectivity index (χ2n) is 9.79. The normalized spacial score (nSPS) is 12.0. The average Bonchev–Trinajstić information content (AvgIpc) is 3.15. The number of carboxylic acids is 1. The zero-order valence-corrected chi connectivity index (χ0v) is 26.5. The summed E-state index contributed by atoms with van der Waals surface area (Å²) in [5.74, 6) is -1.89. The van der Waals surface area contributed by atoms with Crippen LogP contribution < -0.4 is 32.2 Å². The Kier molecular flexibility index (Phi) is 13.8. The Bertz CT molecular complexity index is 1340. The fraction of sp³-hybridized carbons (Fsp3) is 0.367. The number of aliphatic carboxylic acids is 1. The number of nitrogens with one attached hydrogen (secondary N) is 2. The number of carboxylic acid groups (broad SMARTS) is 1. The first-order chi connectivity index (χ1) is 19.6. The molecule has 0 aliphatic rings. The van der Waals surface area contributed by atoms with Crippen LogP contribution in [0, 0.1) is 13.8 Å². The Hall–Kier alpha value is -3.64. The van der Waals surface area contributed by atoms with Gasteiger partial charge < -0.3 is 37.5 Å². The molecule has 0 radical (unpaired) electrons. The Morgan fingerprint density at radius 1 is 0.952 bits per heavy atom. The van der Waals surface area contributed by atoms with Crippen LogP contribution in [0.1, 0.15) is 35.4 Å². The molecule has 42 heavy (non-hydrogen) atoms. The van der Waals surface area contributed by atoms with Gasteiger partial charge in [-0.25, -0.2) is 18.7 Å². The molecule has 2 amide bonds. The van der Waals surface area contributed by atoms with Crippen molar-refractivity contribution in [3.8, 4) is 0 Å². The number of Topliss-reactive ketones (excluding diaryl/α,β-unsaturated/α-hetero) is 1. The van der Waals surface area contributed by atoms with Crippen molar-refractivity contribution in [1.82, 2.24) is 15.2 Å². The highest BCUT2D eigenvalue weighted by atomic mass is 79.9. The van der Waals surface area contributed by atoms with Crippen molar-refractivity contribution < 1.29 is 50.6 Å². The average molecular weight is 662 g/mol. The summed E-state index contributed by atoms with van der Waals surface area (Å²) in [6, 6.07) is 15.8. The van der Waals surface area contributed by atoms with E-state index < -0.39 is 30.1 Å². The van der Waals surface area contributed by atoms with Gasteiger partial charge in [0.2, 0.25) is 5.91 Å². The van der Waals surface area contributed by atoms with E-state index in [9.17, 15) is 24.3 Å². The number of imidazole rings is 1. The molecule has 12 heteroatoms. The highest BCUT2D eigenvalue weighted by molar-refractivity contribution is 7.99. The second-order valence-corrected chi connectivity index (χ2v) is 10.7. The van der Waals surface area contributed by atoms with E-state index in [0.29, 0.717) is 0 Å². The summed E-state index contributed by atoms with van der Waals surface area (Å²) in [6.45, 7) is 4.03. The number of halogens is 1. The van der Waals surface area contributed by atoms with Gasteiger partial charge in [-0.15, -0.1) is 0 Å². The van der Waals surface area contributed by atoms with E-state index in [1.807, 2.05) is 61.3 Å². The fourth-order valence-electron chi connectivity index (χ4n) is 4.21. The summed E-state index contributed by atoms with van der Waals surface area (Å²) < 4.78 is 9.29. The van der Waals surface area contributed by atoms with Crippen molar-refractivity contribution in [2.24, 2.45) is 14.1 Å². The van der Waals surface area contributed by atoms with Crippen molar-refractivity contribution >= 4 is 35.5 Å². The van der Waals surface area contributed by atoms with Crippen LogP contribution in [0.4, 0.5) is 4.79 Å². The topological polar surface area (TPSA) is 131 Å². The molecular weight excluding hydrogens is 624 g/mol. The van der Waals surface area contributed by atoms with Gasteiger partial charge in [-0.1, -0.05) is 60.7 Å². The van der Waals surface area contributed by atoms with Crippen molar-refractivity contribution in [1.29, 1.82) is 0 Å². The molecule has 2 aromatic carbocycles. The Balaban J connectivity index is 0.00000616. The third kappa shape index (κ3) is 10.0. The molecule has 0 aliphatic heterocycles. The number of hydrogen-bond donors (Lipinski definition) is 3. The van der Waals surface area contributed by atoms with E-state index in [1.165, 1.54) is 11.8 Å². The number of nitrogens with zero attached hydrogens (tertiary/aromatic N) is 2. The lowest BCUT2D eigenvalue weighted by molar-refractivity contribution is -0.715. The van der Waals surface area contributed by atoms with Crippen LogP contribution in [0.5, 0.6) is 0 Å². The molecule has 0 unspecified atom stereocenters. The van der Waals surface area contributed by atoms with Gasteiger partial charge in [-0.05, 0) is 29.3 Å². The van der Waals surface area contributed by atoms with E-state index in [0.717, 1.165) is 27.7 Å². The Morgan fingerprint density at radius 3 is 2.10 bits per heavy atom. The van der Waals surface area contributed by atoms with Crippen LogP contribution >= 0.6 is 11.8 Å². The fourth-order valence-corrected chi connectivity index (χ4v) is 5.30. The first-order valence-electron chi connectivity index (χ1n) is 13.3. The van der Waals surface area contributed by atoms with Gasteiger partial charge in [-0.3, -0.25) is 9.59 Å².